The van der Waals surface area contributed by atoms with Crippen LogP contribution in [-0.2, 0) is 0 Å². The van der Waals surface area contributed by atoms with Crippen LogP contribution in [0.3, 0.4) is 0 Å². The fourth-order valence-electron chi connectivity index (χ4n) is 1.47. The van der Waals surface area contributed by atoms with Crippen molar-refractivity contribution in [3.8, 4) is 0 Å². The molecule has 0 bridgehead atoms. The van der Waals surface area contributed by atoms with Gasteiger partial charge in [-0.1, -0.05) is 11.8 Å². The molecule has 0 saturated heterocycles. The number of thioether (sulfide) groups is 1. The summed E-state index contributed by atoms with van der Waals surface area (Å²) in [6.07, 6.45) is 3.91. The first kappa shape index (κ1) is 8.26. The zero-order valence-electron chi connectivity index (χ0n) is 7.44. The SMILES string of the molecule is CSc1nc2ccc3[nH]ncc3c2s1. The summed E-state index contributed by atoms with van der Waals surface area (Å²) >= 11 is 3.41. The van der Waals surface area contributed by atoms with Crippen LogP contribution in [0.2, 0.25) is 0 Å². The number of hydrogen-bond donors (Lipinski definition) is 1. The first-order valence-electron chi connectivity index (χ1n) is 4.15. The Morgan fingerprint density at radius 1 is 1.43 bits per heavy atom. The van der Waals surface area contributed by atoms with Crippen molar-refractivity contribution in [2.75, 3.05) is 6.26 Å². The second-order valence-electron chi connectivity index (χ2n) is 2.93. The quantitative estimate of drug-likeness (QED) is 0.642. The van der Waals surface area contributed by atoms with Gasteiger partial charge in [-0.3, -0.25) is 5.10 Å². The molecule has 0 amide bonds. The molecule has 0 spiro atoms. The predicted molar refractivity (Wildman–Crippen MR) is 61.1 cm³/mol. The van der Waals surface area contributed by atoms with Crippen LogP contribution in [0.1, 0.15) is 0 Å². The van der Waals surface area contributed by atoms with Gasteiger partial charge in [0.1, 0.15) is 0 Å². The minimum absolute atomic E-state index is 1.06. The minimum atomic E-state index is 1.06. The molecule has 0 unspecified atom stereocenters. The lowest BCUT2D eigenvalue weighted by atomic mass is 10.2. The van der Waals surface area contributed by atoms with Crippen LogP contribution in [0.5, 0.6) is 0 Å². The van der Waals surface area contributed by atoms with Gasteiger partial charge < -0.3 is 0 Å². The Hall–Kier alpha value is -1.07. The van der Waals surface area contributed by atoms with E-state index < -0.39 is 0 Å². The predicted octanol–water partition coefficient (Wildman–Crippen LogP) is 2.89. The van der Waals surface area contributed by atoms with Gasteiger partial charge >= 0.3 is 0 Å². The molecule has 0 atom stereocenters. The van der Waals surface area contributed by atoms with E-state index in [-0.39, 0.29) is 0 Å². The minimum Gasteiger partial charge on any atom is -0.278 e. The molecule has 3 rings (SSSR count). The Bertz CT molecular complexity index is 596. The largest absolute Gasteiger partial charge is 0.278 e. The summed E-state index contributed by atoms with van der Waals surface area (Å²) in [5.41, 5.74) is 2.14. The van der Waals surface area contributed by atoms with Crippen LogP contribution >= 0.6 is 23.1 Å². The number of nitrogens with one attached hydrogen (secondary N) is 1. The molecule has 1 aromatic carbocycles. The maximum absolute atomic E-state index is 4.50. The van der Waals surface area contributed by atoms with Gasteiger partial charge in [0.05, 0.1) is 21.9 Å². The number of hydrogen-bond acceptors (Lipinski definition) is 4. The molecule has 3 aromatic rings. The number of benzene rings is 1. The molecule has 14 heavy (non-hydrogen) atoms. The Morgan fingerprint density at radius 3 is 3.21 bits per heavy atom. The molecule has 70 valence electrons. The fourth-order valence-corrected chi connectivity index (χ4v) is 3.05. The van der Waals surface area contributed by atoms with Crippen LogP contribution in [-0.4, -0.2) is 21.4 Å². The number of H-pyrrole nitrogens is 1. The van der Waals surface area contributed by atoms with Crippen LogP contribution in [0.4, 0.5) is 0 Å². The number of nitrogens with zero attached hydrogens (tertiary/aromatic N) is 2. The van der Waals surface area contributed by atoms with Crippen LogP contribution in [0.25, 0.3) is 21.1 Å². The van der Waals surface area contributed by atoms with Gasteiger partial charge in [0.2, 0.25) is 0 Å². The first-order chi connectivity index (χ1) is 6.88. The zero-order chi connectivity index (χ0) is 9.54. The van der Waals surface area contributed by atoms with E-state index in [1.54, 1.807) is 23.1 Å². The summed E-state index contributed by atoms with van der Waals surface area (Å²) < 4.78 is 2.33. The van der Waals surface area contributed by atoms with Gasteiger partial charge in [0.15, 0.2) is 4.34 Å². The lowest BCUT2D eigenvalue weighted by molar-refractivity contribution is 1.12. The van der Waals surface area contributed by atoms with Crippen LogP contribution in [0, 0.1) is 0 Å². The standard InChI is InChI=1S/C9H7N3S2/c1-13-9-11-7-3-2-6-5(4-10-12-6)8(7)14-9/h2-4H,1H3,(H,10,12). The molecule has 5 heteroatoms. The third-order valence-electron chi connectivity index (χ3n) is 2.13. The molecule has 0 aliphatic carbocycles. The molecular formula is C9H7N3S2. The summed E-state index contributed by atoms with van der Waals surface area (Å²) in [5.74, 6) is 0. The molecule has 2 aromatic heterocycles. The van der Waals surface area contributed by atoms with Gasteiger partial charge in [-0.15, -0.1) is 11.3 Å². The molecule has 0 aliphatic rings. The third-order valence-corrected chi connectivity index (χ3v) is 4.22. The Balaban J connectivity index is 2.49. The third kappa shape index (κ3) is 1.06. The molecule has 0 fully saturated rings. The van der Waals surface area contributed by atoms with Crippen molar-refractivity contribution in [3.05, 3.63) is 18.3 Å². The molecule has 1 N–H and O–H groups in total. The number of thiazole rings is 1. The van der Waals surface area contributed by atoms with E-state index in [0.29, 0.717) is 0 Å². The average molecular weight is 221 g/mol. The van der Waals surface area contributed by atoms with Crippen molar-refractivity contribution in [3.63, 3.8) is 0 Å². The summed E-state index contributed by atoms with van der Waals surface area (Å²) in [4.78, 5) is 4.50. The lowest BCUT2D eigenvalue weighted by Crippen LogP contribution is -1.69. The maximum atomic E-state index is 4.50. The van der Waals surface area contributed by atoms with Crippen molar-refractivity contribution in [1.29, 1.82) is 0 Å². The van der Waals surface area contributed by atoms with Crippen molar-refractivity contribution >= 4 is 44.2 Å². The zero-order valence-corrected chi connectivity index (χ0v) is 9.08. The molecule has 0 aliphatic heterocycles. The number of rotatable bonds is 1. The van der Waals surface area contributed by atoms with Gasteiger partial charge in [0, 0.05) is 5.39 Å². The van der Waals surface area contributed by atoms with Gasteiger partial charge in [-0.25, -0.2) is 4.98 Å². The smallest absolute Gasteiger partial charge is 0.150 e. The highest BCUT2D eigenvalue weighted by molar-refractivity contribution is 8.00. The fraction of sp³-hybridized carbons (Fsp3) is 0.111. The molecule has 3 nitrogen and oxygen atoms in total. The maximum Gasteiger partial charge on any atom is 0.150 e. The van der Waals surface area contributed by atoms with E-state index in [9.17, 15) is 0 Å². The van der Waals surface area contributed by atoms with E-state index in [1.165, 1.54) is 10.1 Å². The van der Waals surface area contributed by atoms with Gasteiger partial charge in [-0.05, 0) is 18.4 Å². The highest BCUT2D eigenvalue weighted by Gasteiger charge is 2.07. The number of aromatic amines is 1. The molecule has 0 radical (unpaired) electrons. The van der Waals surface area contributed by atoms with E-state index >= 15 is 0 Å². The van der Waals surface area contributed by atoms with Crippen molar-refractivity contribution < 1.29 is 0 Å². The van der Waals surface area contributed by atoms with E-state index in [2.05, 4.69) is 15.2 Å². The summed E-state index contributed by atoms with van der Waals surface area (Å²) in [6, 6.07) is 4.06. The second-order valence-corrected chi connectivity index (χ2v) is 4.98. The normalized spacial score (nSPS) is 11.5. The van der Waals surface area contributed by atoms with Crippen molar-refractivity contribution in [2.45, 2.75) is 4.34 Å². The molecule has 0 saturated carbocycles. The Morgan fingerprint density at radius 2 is 2.36 bits per heavy atom. The second kappa shape index (κ2) is 2.96. The Kier molecular flexibility index (Phi) is 1.75. The van der Waals surface area contributed by atoms with Gasteiger partial charge in [0.25, 0.3) is 0 Å². The molecule has 2 heterocycles. The average Bonchev–Trinajstić information content (AvgIpc) is 2.82. The van der Waals surface area contributed by atoms with Crippen LogP contribution < -0.4 is 0 Å². The van der Waals surface area contributed by atoms with Crippen LogP contribution in [0.15, 0.2) is 22.7 Å². The number of fused-ring (bicyclic) bond motifs is 3. The highest BCUT2D eigenvalue weighted by atomic mass is 32.2. The topological polar surface area (TPSA) is 41.6 Å². The van der Waals surface area contributed by atoms with Crippen molar-refractivity contribution in [1.82, 2.24) is 15.2 Å². The van der Waals surface area contributed by atoms with Crippen molar-refractivity contribution in [2.24, 2.45) is 0 Å². The Labute approximate surface area is 88.5 Å². The highest BCUT2D eigenvalue weighted by Crippen LogP contribution is 2.32. The summed E-state index contributed by atoms with van der Waals surface area (Å²) in [6.45, 7) is 0. The van der Waals surface area contributed by atoms with E-state index in [1.807, 2.05) is 24.6 Å². The summed E-state index contributed by atoms with van der Waals surface area (Å²) in [5, 5.41) is 8.16. The van der Waals surface area contributed by atoms with E-state index in [0.717, 1.165) is 15.4 Å². The monoisotopic (exact) mass is 221 g/mol. The number of aromatic nitrogens is 3. The lowest BCUT2D eigenvalue weighted by Gasteiger charge is -1.87. The first-order valence-corrected chi connectivity index (χ1v) is 6.19. The molecular weight excluding hydrogens is 214 g/mol. The van der Waals surface area contributed by atoms with Gasteiger partial charge in [-0.2, -0.15) is 5.10 Å². The summed E-state index contributed by atoms with van der Waals surface area (Å²) in [7, 11) is 0. The van der Waals surface area contributed by atoms with E-state index in [4.69, 9.17) is 0 Å².